The lowest BCUT2D eigenvalue weighted by atomic mass is 9.71. The topological polar surface area (TPSA) is 51.2 Å². The molecule has 29 heavy (non-hydrogen) atoms. The van der Waals surface area contributed by atoms with Crippen LogP contribution >= 0.6 is 0 Å². The average Bonchev–Trinajstić information content (AvgIpc) is 2.63. The number of ether oxygens (including phenoxy) is 3. The third kappa shape index (κ3) is 4.42. The van der Waals surface area contributed by atoms with E-state index in [1.165, 1.54) is 30.4 Å². The van der Waals surface area contributed by atoms with Crippen molar-refractivity contribution in [1.29, 1.82) is 0 Å². The molecule has 2 aliphatic heterocycles. The van der Waals surface area contributed by atoms with E-state index in [4.69, 9.17) is 14.2 Å². The zero-order valence-electron chi connectivity index (χ0n) is 18.7. The molecule has 1 aromatic carbocycles. The quantitative estimate of drug-likeness (QED) is 0.802. The molecular weight excluding hydrogens is 366 g/mol. The molecule has 0 amide bonds. The lowest BCUT2D eigenvalue weighted by molar-refractivity contribution is -0.149. The van der Waals surface area contributed by atoms with Gasteiger partial charge in [0, 0.05) is 24.5 Å². The Morgan fingerprint density at radius 3 is 2.59 bits per heavy atom. The predicted molar refractivity (Wildman–Crippen MR) is 114 cm³/mol. The minimum atomic E-state index is -0.457. The summed E-state index contributed by atoms with van der Waals surface area (Å²) in [6.07, 6.45) is 4.88. The monoisotopic (exact) mass is 403 g/mol. The second-order valence-electron chi connectivity index (χ2n) is 10.5. The summed E-state index contributed by atoms with van der Waals surface area (Å²) in [6.45, 7) is 11.0. The number of aliphatic hydroxyl groups is 1. The van der Waals surface area contributed by atoms with E-state index in [1.54, 1.807) is 7.11 Å². The number of fused-ring (bicyclic) bond motifs is 3. The van der Waals surface area contributed by atoms with Crippen LogP contribution in [0.15, 0.2) is 12.1 Å². The SMILES string of the molecule is COc1cc2c(cc1OCC1(C)CCC1)CCN1CC(OC(C)(C)C)C(O)CC21. The summed E-state index contributed by atoms with van der Waals surface area (Å²) in [5, 5.41) is 10.8. The van der Waals surface area contributed by atoms with Crippen LogP contribution in [0.1, 0.15) is 70.5 Å². The maximum Gasteiger partial charge on any atom is 0.161 e. The first kappa shape index (κ1) is 21.0. The van der Waals surface area contributed by atoms with Gasteiger partial charge in [-0.2, -0.15) is 0 Å². The zero-order chi connectivity index (χ0) is 20.8. The number of methoxy groups -OCH3 is 1. The van der Waals surface area contributed by atoms with Gasteiger partial charge in [-0.05, 0) is 69.7 Å². The zero-order valence-corrected chi connectivity index (χ0v) is 18.7. The Kier molecular flexibility index (Phi) is 5.60. The molecule has 0 spiro atoms. The highest BCUT2D eigenvalue weighted by Gasteiger charge is 2.40. The molecule has 5 nitrogen and oxygen atoms in total. The Morgan fingerprint density at radius 1 is 1.21 bits per heavy atom. The highest BCUT2D eigenvalue weighted by Crippen LogP contribution is 2.44. The summed E-state index contributed by atoms with van der Waals surface area (Å²) in [6, 6.07) is 4.53. The molecule has 4 rings (SSSR count). The Balaban J connectivity index is 1.52. The van der Waals surface area contributed by atoms with Gasteiger partial charge in [-0.25, -0.2) is 0 Å². The van der Waals surface area contributed by atoms with Crippen LogP contribution in [0.3, 0.4) is 0 Å². The smallest absolute Gasteiger partial charge is 0.161 e. The summed E-state index contributed by atoms with van der Waals surface area (Å²) in [7, 11) is 1.71. The molecule has 1 saturated carbocycles. The van der Waals surface area contributed by atoms with Crippen LogP contribution in [-0.4, -0.2) is 54.6 Å². The first-order chi connectivity index (χ1) is 13.7. The minimum Gasteiger partial charge on any atom is -0.493 e. The maximum atomic E-state index is 10.8. The van der Waals surface area contributed by atoms with Crippen molar-refractivity contribution in [2.75, 3.05) is 26.8 Å². The highest BCUT2D eigenvalue weighted by atomic mass is 16.5. The van der Waals surface area contributed by atoms with Gasteiger partial charge in [0.15, 0.2) is 11.5 Å². The van der Waals surface area contributed by atoms with E-state index in [1.807, 2.05) is 20.8 Å². The summed E-state index contributed by atoms with van der Waals surface area (Å²) < 4.78 is 18.0. The summed E-state index contributed by atoms with van der Waals surface area (Å²) in [4.78, 5) is 2.46. The number of rotatable bonds is 5. The molecule has 1 aromatic rings. The van der Waals surface area contributed by atoms with E-state index in [-0.39, 0.29) is 17.7 Å². The molecule has 1 N–H and O–H groups in total. The van der Waals surface area contributed by atoms with Crippen molar-refractivity contribution in [2.45, 2.75) is 83.6 Å². The van der Waals surface area contributed by atoms with Crippen LogP contribution in [0.4, 0.5) is 0 Å². The van der Waals surface area contributed by atoms with Gasteiger partial charge in [0.05, 0.1) is 31.5 Å². The minimum absolute atomic E-state index is 0.138. The van der Waals surface area contributed by atoms with Crippen LogP contribution in [-0.2, 0) is 11.2 Å². The molecule has 3 atom stereocenters. The molecule has 5 heteroatoms. The first-order valence-electron chi connectivity index (χ1n) is 11.1. The van der Waals surface area contributed by atoms with Gasteiger partial charge in [0.2, 0.25) is 0 Å². The van der Waals surface area contributed by atoms with Gasteiger partial charge in [-0.3, -0.25) is 4.90 Å². The van der Waals surface area contributed by atoms with Gasteiger partial charge in [0.25, 0.3) is 0 Å². The molecular formula is C24H37NO4. The molecule has 162 valence electrons. The summed E-state index contributed by atoms with van der Waals surface area (Å²) in [5.74, 6) is 1.66. The third-order valence-corrected chi connectivity index (χ3v) is 6.84. The number of hydrogen-bond acceptors (Lipinski definition) is 5. The summed E-state index contributed by atoms with van der Waals surface area (Å²) >= 11 is 0. The van der Waals surface area contributed by atoms with E-state index in [0.717, 1.165) is 37.6 Å². The molecule has 2 fully saturated rings. The van der Waals surface area contributed by atoms with Gasteiger partial charge in [-0.15, -0.1) is 0 Å². The molecule has 3 unspecified atom stereocenters. The Morgan fingerprint density at radius 2 is 1.97 bits per heavy atom. The fourth-order valence-electron chi connectivity index (χ4n) is 5.01. The lowest BCUT2D eigenvalue weighted by Crippen LogP contribution is -2.53. The molecule has 1 saturated heterocycles. The van der Waals surface area contributed by atoms with E-state index < -0.39 is 6.10 Å². The average molecular weight is 404 g/mol. The van der Waals surface area contributed by atoms with E-state index in [2.05, 4.69) is 24.0 Å². The summed E-state index contributed by atoms with van der Waals surface area (Å²) in [5.41, 5.74) is 2.65. The van der Waals surface area contributed by atoms with Crippen molar-refractivity contribution < 1.29 is 19.3 Å². The Hall–Kier alpha value is -1.30. The number of hydrogen-bond donors (Lipinski definition) is 1. The molecule has 0 aromatic heterocycles. The number of piperidine rings is 1. The van der Waals surface area contributed by atoms with Crippen molar-refractivity contribution in [3.05, 3.63) is 23.3 Å². The molecule has 3 aliphatic rings. The predicted octanol–water partition coefficient (Wildman–Crippen LogP) is 4.11. The highest BCUT2D eigenvalue weighted by molar-refractivity contribution is 5.49. The second-order valence-corrected chi connectivity index (χ2v) is 10.5. The largest absolute Gasteiger partial charge is 0.493 e. The van der Waals surface area contributed by atoms with Crippen LogP contribution < -0.4 is 9.47 Å². The molecule has 0 radical (unpaired) electrons. The molecule has 1 aliphatic carbocycles. The van der Waals surface area contributed by atoms with Gasteiger partial charge >= 0.3 is 0 Å². The van der Waals surface area contributed by atoms with Crippen molar-refractivity contribution >= 4 is 0 Å². The van der Waals surface area contributed by atoms with E-state index in [0.29, 0.717) is 11.8 Å². The number of nitrogens with zero attached hydrogens (tertiary/aromatic N) is 1. The molecule has 2 heterocycles. The van der Waals surface area contributed by atoms with Crippen LogP contribution in [0, 0.1) is 5.41 Å². The van der Waals surface area contributed by atoms with Crippen molar-refractivity contribution in [3.8, 4) is 11.5 Å². The normalized spacial score (nSPS) is 28.8. The van der Waals surface area contributed by atoms with Crippen LogP contribution in [0.2, 0.25) is 0 Å². The van der Waals surface area contributed by atoms with Crippen LogP contribution in [0.25, 0.3) is 0 Å². The number of benzene rings is 1. The van der Waals surface area contributed by atoms with Crippen molar-refractivity contribution in [1.82, 2.24) is 4.90 Å². The van der Waals surface area contributed by atoms with E-state index >= 15 is 0 Å². The Bertz CT molecular complexity index is 737. The lowest BCUT2D eigenvalue weighted by Gasteiger charge is -2.47. The fraction of sp³-hybridized carbons (Fsp3) is 0.750. The van der Waals surface area contributed by atoms with E-state index in [9.17, 15) is 5.11 Å². The Labute approximate surface area is 175 Å². The van der Waals surface area contributed by atoms with Gasteiger partial charge in [-0.1, -0.05) is 13.3 Å². The fourth-order valence-corrected chi connectivity index (χ4v) is 5.01. The third-order valence-electron chi connectivity index (χ3n) is 6.84. The van der Waals surface area contributed by atoms with Gasteiger partial charge in [0.1, 0.15) is 0 Å². The molecule has 0 bridgehead atoms. The van der Waals surface area contributed by atoms with Crippen molar-refractivity contribution in [3.63, 3.8) is 0 Å². The number of aliphatic hydroxyl groups excluding tert-OH is 1. The van der Waals surface area contributed by atoms with Gasteiger partial charge < -0.3 is 19.3 Å². The van der Waals surface area contributed by atoms with Crippen LogP contribution in [0.5, 0.6) is 11.5 Å². The standard InChI is InChI=1S/C24H37NO4/c1-23(2,3)29-22-14-25-10-7-16-11-21(28-15-24(4)8-6-9-24)20(27-5)12-17(16)18(25)13-19(22)26/h11-12,18-19,22,26H,6-10,13-15H2,1-5H3. The van der Waals surface area contributed by atoms with Crippen molar-refractivity contribution in [2.24, 2.45) is 5.41 Å². The first-order valence-corrected chi connectivity index (χ1v) is 11.1. The second kappa shape index (κ2) is 7.75. The maximum absolute atomic E-state index is 10.8.